The van der Waals surface area contributed by atoms with Crippen LogP contribution in [0.2, 0.25) is 10.0 Å². The Morgan fingerprint density at radius 3 is 2.44 bits per heavy atom. The standard InChI is InChI=1S/C13H14Cl2N2O/c1-2-17(8-10-4-3-5-18-10)13-11(14)6-9(16)7-12(13)15/h3-7H,2,8,16H2,1H3. The number of anilines is 2. The van der Waals surface area contributed by atoms with Crippen molar-refractivity contribution in [3.63, 3.8) is 0 Å². The lowest BCUT2D eigenvalue weighted by Crippen LogP contribution is -2.22. The second-order valence-corrected chi connectivity index (χ2v) is 4.74. The smallest absolute Gasteiger partial charge is 0.123 e. The fourth-order valence-corrected chi connectivity index (χ4v) is 2.57. The van der Waals surface area contributed by atoms with Gasteiger partial charge in [-0.05, 0) is 31.2 Å². The predicted molar refractivity (Wildman–Crippen MR) is 76.3 cm³/mol. The quantitative estimate of drug-likeness (QED) is 0.856. The average Bonchev–Trinajstić information content (AvgIpc) is 2.79. The highest BCUT2D eigenvalue weighted by atomic mass is 35.5. The molecule has 0 atom stereocenters. The van der Waals surface area contributed by atoms with Gasteiger partial charge in [0.05, 0.1) is 28.5 Å². The Labute approximate surface area is 116 Å². The third-order valence-electron chi connectivity index (χ3n) is 2.66. The van der Waals surface area contributed by atoms with Crippen LogP contribution in [0.1, 0.15) is 12.7 Å². The number of furan rings is 1. The molecular formula is C13H14Cl2N2O. The molecule has 1 aromatic heterocycles. The highest BCUT2D eigenvalue weighted by molar-refractivity contribution is 6.39. The van der Waals surface area contributed by atoms with Crippen molar-refractivity contribution >= 4 is 34.6 Å². The SMILES string of the molecule is CCN(Cc1ccco1)c1c(Cl)cc(N)cc1Cl. The van der Waals surface area contributed by atoms with E-state index in [0.29, 0.717) is 22.3 Å². The molecule has 2 N–H and O–H groups in total. The fourth-order valence-electron chi connectivity index (χ4n) is 1.83. The maximum Gasteiger partial charge on any atom is 0.123 e. The Morgan fingerprint density at radius 2 is 1.94 bits per heavy atom. The Morgan fingerprint density at radius 1 is 1.28 bits per heavy atom. The van der Waals surface area contributed by atoms with Gasteiger partial charge in [0.2, 0.25) is 0 Å². The molecule has 0 saturated carbocycles. The zero-order valence-corrected chi connectivity index (χ0v) is 11.5. The molecule has 0 spiro atoms. The van der Waals surface area contributed by atoms with Gasteiger partial charge in [-0.1, -0.05) is 23.2 Å². The third-order valence-corrected chi connectivity index (χ3v) is 3.24. The number of hydrogen-bond acceptors (Lipinski definition) is 3. The summed E-state index contributed by atoms with van der Waals surface area (Å²) in [5.41, 5.74) is 7.04. The van der Waals surface area contributed by atoms with Crippen molar-refractivity contribution in [1.82, 2.24) is 0 Å². The van der Waals surface area contributed by atoms with Crippen LogP contribution in [0.15, 0.2) is 34.9 Å². The molecule has 0 aliphatic heterocycles. The summed E-state index contributed by atoms with van der Waals surface area (Å²) in [5.74, 6) is 0.862. The Hall–Kier alpha value is -1.32. The van der Waals surface area contributed by atoms with E-state index in [1.54, 1.807) is 18.4 Å². The van der Waals surface area contributed by atoms with Crippen LogP contribution in [0.3, 0.4) is 0 Å². The van der Waals surface area contributed by atoms with E-state index < -0.39 is 0 Å². The second-order valence-electron chi connectivity index (χ2n) is 3.93. The maximum atomic E-state index is 6.21. The van der Waals surface area contributed by atoms with Gasteiger partial charge >= 0.3 is 0 Å². The van der Waals surface area contributed by atoms with Crippen molar-refractivity contribution in [3.05, 3.63) is 46.3 Å². The van der Waals surface area contributed by atoms with Crippen LogP contribution >= 0.6 is 23.2 Å². The summed E-state index contributed by atoms with van der Waals surface area (Å²) in [7, 11) is 0. The summed E-state index contributed by atoms with van der Waals surface area (Å²) in [4.78, 5) is 2.04. The molecule has 0 radical (unpaired) electrons. The second kappa shape index (κ2) is 5.55. The number of benzene rings is 1. The van der Waals surface area contributed by atoms with E-state index in [2.05, 4.69) is 0 Å². The number of nitrogen functional groups attached to an aromatic ring is 1. The Kier molecular flexibility index (Phi) is 4.04. The summed E-state index contributed by atoms with van der Waals surface area (Å²) in [6, 6.07) is 7.18. The normalized spacial score (nSPS) is 10.6. The molecule has 18 heavy (non-hydrogen) atoms. The van der Waals surface area contributed by atoms with E-state index in [-0.39, 0.29) is 0 Å². The average molecular weight is 285 g/mol. The predicted octanol–water partition coefficient (Wildman–Crippen LogP) is 4.20. The van der Waals surface area contributed by atoms with E-state index in [1.807, 2.05) is 24.0 Å². The van der Waals surface area contributed by atoms with Crippen LogP contribution in [0, 0.1) is 0 Å². The van der Waals surface area contributed by atoms with Gasteiger partial charge in [0.1, 0.15) is 5.76 Å². The molecule has 0 saturated heterocycles. The van der Waals surface area contributed by atoms with E-state index >= 15 is 0 Å². The lowest BCUT2D eigenvalue weighted by Gasteiger charge is -2.24. The van der Waals surface area contributed by atoms with Crippen LogP contribution in [0.25, 0.3) is 0 Å². The number of nitrogens with two attached hydrogens (primary N) is 1. The third kappa shape index (κ3) is 2.74. The zero-order valence-electron chi connectivity index (χ0n) is 9.99. The first-order valence-corrected chi connectivity index (χ1v) is 6.39. The summed E-state index contributed by atoms with van der Waals surface area (Å²) in [6.07, 6.45) is 1.65. The zero-order chi connectivity index (χ0) is 13.1. The van der Waals surface area contributed by atoms with Crippen LogP contribution in [0.5, 0.6) is 0 Å². The molecule has 2 rings (SSSR count). The monoisotopic (exact) mass is 284 g/mol. The van der Waals surface area contributed by atoms with Gasteiger partial charge in [-0.2, -0.15) is 0 Å². The molecule has 1 aromatic carbocycles. The van der Waals surface area contributed by atoms with Crippen molar-refractivity contribution in [2.45, 2.75) is 13.5 Å². The topological polar surface area (TPSA) is 42.4 Å². The van der Waals surface area contributed by atoms with E-state index in [4.69, 9.17) is 33.4 Å². The van der Waals surface area contributed by atoms with E-state index in [1.165, 1.54) is 0 Å². The highest BCUT2D eigenvalue weighted by Gasteiger charge is 2.15. The van der Waals surface area contributed by atoms with Crippen LogP contribution in [0.4, 0.5) is 11.4 Å². The fraction of sp³-hybridized carbons (Fsp3) is 0.231. The molecule has 3 nitrogen and oxygen atoms in total. The van der Waals surface area contributed by atoms with Crippen molar-refractivity contribution in [3.8, 4) is 0 Å². The van der Waals surface area contributed by atoms with Crippen LogP contribution < -0.4 is 10.6 Å². The van der Waals surface area contributed by atoms with Crippen LogP contribution in [-0.4, -0.2) is 6.54 Å². The lowest BCUT2D eigenvalue weighted by molar-refractivity contribution is 0.504. The van der Waals surface area contributed by atoms with Gasteiger partial charge < -0.3 is 15.1 Å². The molecule has 0 fully saturated rings. The Bertz CT molecular complexity index is 503. The summed E-state index contributed by atoms with van der Waals surface area (Å²) in [6.45, 7) is 3.42. The summed E-state index contributed by atoms with van der Waals surface area (Å²) in [5, 5.41) is 1.10. The first kappa shape index (κ1) is 13.1. The van der Waals surface area contributed by atoms with Gasteiger partial charge in [-0.25, -0.2) is 0 Å². The molecule has 0 bridgehead atoms. The number of halogens is 2. The van der Waals surface area contributed by atoms with Gasteiger partial charge in [-0.15, -0.1) is 0 Å². The van der Waals surface area contributed by atoms with Crippen molar-refractivity contribution in [2.75, 3.05) is 17.2 Å². The molecule has 0 aliphatic rings. The van der Waals surface area contributed by atoms with Gasteiger partial charge in [-0.3, -0.25) is 0 Å². The molecule has 0 unspecified atom stereocenters. The summed E-state index contributed by atoms with van der Waals surface area (Å²) < 4.78 is 5.34. The maximum absolute atomic E-state index is 6.21. The minimum atomic E-state index is 0.549. The lowest BCUT2D eigenvalue weighted by atomic mass is 10.2. The largest absolute Gasteiger partial charge is 0.467 e. The van der Waals surface area contributed by atoms with E-state index in [9.17, 15) is 0 Å². The highest BCUT2D eigenvalue weighted by Crippen LogP contribution is 2.36. The van der Waals surface area contributed by atoms with Crippen molar-refractivity contribution < 1.29 is 4.42 Å². The first-order chi connectivity index (χ1) is 8.61. The number of nitrogens with zero attached hydrogens (tertiary/aromatic N) is 1. The van der Waals surface area contributed by atoms with Gasteiger partial charge in [0, 0.05) is 12.2 Å². The van der Waals surface area contributed by atoms with Crippen molar-refractivity contribution in [1.29, 1.82) is 0 Å². The molecule has 0 amide bonds. The van der Waals surface area contributed by atoms with Gasteiger partial charge in [0.15, 0.2) is 0 Å². The van der Waals surface area contributed by atoms with E-state index in [0.717, 1.165) is 18.0 Å². The van der Waals surface area contributed by atoms with Gasteiger partial charge in [0.25, 0.3) is 0 Å². The molecular weight excluding hydrogens is 271 g/mol. The van der Waals surface area contributed by atoms with Crippen molar-refractivity contribution in [2.24, 2.45) is 0 Å². The molecule has 5 heteroatoms. The minimum Gasteiger partial charge on any atom is -0.467 e. The molecule has 0 aliphatic carbocycles. The number of rotatable bonds is 4. The minimum absolute atomic E-state index is 0.549. The Balaban J connectivity index is 2.33. The molecule has 96 valence electrons. The molecule has 2 aromatic rings. The number of hydrogen-bond donors (Lipinski definition) is 1. The van der Waals surface area contributed by atoms with Crippen LogP contribution in [-0.2, 0) is 6.54 Å². The summed E-state index contributed by atoms with van der Waals surface area (Å²) >= 11 is 12.4. The first-order valence-electron chi connectivity index (χ1n) is 5.63. The molecule has 1 heterocycles.